The number of carbonyl (C=O) groups is 5. The molecule has 1 saturated heterocycles. The van der Waals surface area contributed by atoms with Gasteiger partial charge < -0.3 is 21.3 Å². The zero-order valence-electron chi connectivity index (χ0n) is 19.3. The summed E-state index contributed by atoms with van der Waals surface area (Å²) in [5.74, 6) is -5.05. The summed E-state index contributed by atoms with van der Waals surface area (Å²) in [5, 5.41) is 9.73. The zero-order chi connectivity index (χ0) is 26.3. The number of amides is 4. The van der Waals surface area contributed by atoms with E-state index in [0.717, 1.165) is 12.8 Å². The van der Waals surface area contributed by atoms with E-state index in [2.05, 4.69) is 26.0 Å². The summed E-state index contributed by atoms with van der Waals surface area (Å²) in [6.07, 6.45) is -2.84. The van der Waals surface area contributed by atoms with Gasteiger partial charge in [0.2, 0.25) is 11.8 Å². The normalized spacial score (nSPS) is 30.2. The van der Waals surface area contributed by atoms with Gasteiger partial charge in [-0.05, 0) is 25.2 Å². The Morgan fingerprint density at radius 3 is 2.19 bits per heavy atom. The minimum absolute atomic E-state index is 0.0939. The Hall–Kier alpha value is -2.77. The van der Waals surface area contributed by atoms with Crippen molar-refractivity contribution in [1.29, 1.82) is 0 Å². The molecule has 0 radical (unpaired) electrons. The molecule has 1 aliphatic heterocycles. The third kappa shape index (κ3) is 6.31. The van der Waals surface area contributed by atoms with Crippen molar-refractivity contribution in [2.45, 2.75) is 81.0 Å². The number of hydrogen-bond donors (Lipinski definition) is 4. The third-order valence-corrected chi connectivity index (χ3v) is 7.20. The summed E-state index contributed by atoms with van der Waals surface area (Å²) in [6, 6.07) is -2.70. The molecule has 0 aromatic rings. The van der Waals surface area contributed by atoms with E-state index in [1.54, 1.807) is 0 Å². The van der Waals surface area contributed by atoms with Crippen LogP contribution in [0.3, 0.4) is 0 Å². The fraction of sp³-hybridized carbons (Fsp3) is 0.773. The molecule has 14 heteroatoms. The number of ketones is 1. The number of carbonyl (C=O) groups excluding carboxylic acids is 5. The molecule has 4 amide bonds. The number of Topliss-reactive ketones (excluding diaryl/α,β-unsaturated/α-hetero) is 1. The van der Waals surface area contributed by atoms with Crippen LogP contribution in [-0.2, 0) is 28.7 Å². The van der Waals surface area contributed by atoms with Crippen LogP contribution in [0.1, 0.15) is 51.4 Å². The van der Waals surface area contributed by atoms with E-state index in [-0.39, 0.29) is 43.9 Å². The van der Waals surface area contributed by atoms with Gasteiger partial charge in [0.1, 0.15) is 18.3 Å². The number of ether oxygens (including phenoxy) is 1. The molecule has 5 aliphatic rings. The number of alkyl halides is 4. The van der Waals surface area contributed by atoms with Crippen LogP contribution in [0.15, 0.2) is 0 Å². The number of halogens is 4. The predicted octanol–water partition coefficient (Wildman–Crippen LogP) is 0.149. The Labute approximate surface area is 203 Å². The first-order valence-electron chi connectivity index (χ1n) is 11.9. The molecular weight excluding hydrogens is 492 g/mol. The lowest BCUT2D eigenvalue weighted by atomic mass is 9.47. The van der Waals surface area contributed by atoms with Crippen molar-refractivity contribution in [1.82, 2.24) is 21.3 Å². The molecule has 4 saturated carbocycles. The summed E-state index contributed by atoms with van der Waals surface area (Å²) in [5.41, 5.74) is -2.03. The smallest absolute Gasteiger partial charge is 0.356 e. The highest BCUT2D eigenvalue weighted by Gasteiger charge is 2.70. The van der Waals surface area contributed by atoms with Gasteiger partial charge in [-0.2, -0.15) is 0 Å². The van der Waals surface area contributed by atoms with Gasteiger partial charge >= 0.3 is 18.2 Å². The van der Waals surface area contributed by atoms with Crippen molar-refractivity contribution in [3.8, 4) is 0 Å². The van der Waals surface area contributed by atoms with Gasteiger partial charge in [-0.1, -0.05) is 12.8 Å². The fourth-order valence-electron chi connectivity index (χ4n) is 5.19. The molecule has 3 atom stereocenters. The van der Waals surface area contributed by atoms with Crippen LogP contribution in [0.25, 0.3) is 0 Å². The van der Waals surface area contributed by atoms with Gasteiger partial charge in [0.15, 0.2) is 5.78 Å². The van der Waals surface area contributed by atoms with Crippen molar-refractivity contribution in [2.75, 3.05) is 13.2 Å². The molecule has 2 unspecified atom stereocenters. The van der Waals surface area contributed by atoms with Gasteiger partial charge in [-0.25, -0.2) is 4.39 Å². The fourth-order valence-corrected chi connectivity index (χ4v) is 5.19. The first-order chi connectivity index (χ1) is 16.8. The van der Waals surface area contributed by atoms with E-state index in [4.69, 9.17) is 0 Å². The number of nitrogens with one attached hydrogen (secondary N) is 4. The lowest BCUT2D eigenvalue weighted by Gasteiger charge is -2.65. The second-order valence-corrected chi connectivity index (χ2v) is 10.4. The molecule has 0 spiro atoms. The van der Waals surface area contributed by atoms with Crippen LogP contribution < -0.4 is 21.3 Å². The highest BCUT2D eigenvalue weighted by molar-refractivity contribution is 6.35. The molecule has 10 nitrogen and oxygen atoms in total. The van der Waals surface area contributed by atoms with Crippen molar-refractivity contribution in [2.24, 2.45) is 11.8 Å². The highest BCUT2D eigenvalue weighted by Crippen LogP contribution is 2.62. The summed E-state index contributed by atoms with van der Waals surface area (Å²) < 4.78 is 54.6. The first-order valence-corrected chi connectivity index (χ1v) is 11.9. The maximum atomic E-state index is 13.7. The van der Waals surface area contributed by atoms with Crippen LogP contribution in [0, 0.1) is 11.8 Å². The quantitative estimate of drug-likeness (QED) is 0.226. The number of hydrogen-bond acceptors (Lipinski definition) is 6. The van der Waals surface area contributed by atoms with Crippen LogP contribution >= 0.6 is 0 Å². The summed E-state index contributed by atoms with van der Waals surface area (Å²) >= 11 is 0. The topological polar surface area (TPSA) is 143 Å². The van der Waals surface area contributed by atoms with E-state index in [1.807, 2.05) is 0 Å². The SMILES string of the molecule is O=C(NC(CC1CC1)C(=O)NC(C[C@@H]1CCNC1=O)C(=O)COC(F)(F)F)C(=O)NC12CC(F)(C1)C2. The Morgan fingerprint density at radius 2 is 1.67 bits per heavy atom. The van der Waals surface area contributed by atoms with Crippen LogP contribution in [0.4, 0.5) is 17.6 Å². The maximum Gasteiger partial charge on any atom is 0.522 e. The van der Waals surface area contributed by atoms with Gasteiger partial charge in [0.05, 0.1) is 6.04 Å². The van der Waals surface area contributed by atoms with Gasteiger partial charge in [-0.3, -0.25) is 28.7 Å². The van der Waals surface area contributed by atoms with Crippen LogP contribution in [-0.4, -0.2) is 72.2 Å². The van der Waals surface area contributed by atoms with E-state index < -0.39 is 65.7 Å². The largest absolute Gasteiger partial charge is 0.522 e. The first kappa shape index (κ1) is 26.3. The Bertz CT molecular complexity index is 934. The van der Waals surface area contributed by atoms with E-state index >= 15 is 0 Å². The molecule has 0 aromatic heterocycles. The van der Waals surface area contributed by atoms with Gasteiger partial charge in [0, 0.05) is 37.3 Å². The molecule has 5 rings (SSSR count). The number of rotatable bonds is 11. The lowest BCUT2D eigenvalue weighted by Crippen LogP contribution is -2.77. The molecule has 4 N–H and O–H groups in total. The van der Waals surface area contributed by atoms with E-state index in [9.17, 15) is 41.5 Å². The monoisotopic (exact) mass is 520 g/mol. The summed E-state index contributed by atoms with van der Waals surface area (Å²) in [7, 11) is 0. The average Bonchev–Trinajstić information content (AvgIpc) is 3.48. The summed E-state index contributed by atoms with van der Waals surface area (Å²) in [6.45, 7) is -1.03. The molecular formula is C22H28F4N4O6. The van der Waals surface area contributed by atoms with E-state index in [0.29, 0.717) is 13.0 Å². The predicted molar refractivity (Wildman–Crippen MR) is 113 cm³/mol. The Kier molecular flexibility index (Phi) is 7.01. The van der Waals surface area contributed by atoms with E-state index in [1.165, 1.54) is 0 Å². The van der Waals surface area contributed by atoms with Crippen molar-refractivity contribution >= 4 is 29.4 Å². The minimum atomic E-state index is -5.06. The lowest BCUT2D eigenvalue weighted by molar-refractivity contribution is -0.321. The second-order valence-electron chi connectivity index (χ2n) is 10.4. The molecule has 2 bridgehead atoms. The van der Waals surface area contributed by atoms with Crippen LogP contribution in [0.2, 0.25) is 0 Å². The molecule has 200 valence electrons. The Balaban J connectivity index is 1.38. The van der Waals surface area contributed by atoms with Gasteiger partial charge in [-0.15, -0.1) is 13.2 Å². The maximum absolute atomic E-state index is 13.7. The standard InChI is InChI=1S/C22H28F4N4O6/c23-20-8-21(9-20,10-20)30-19(35)18(34)29-14(5-11-1-2-11)17(33)28-13(6-12-3-4-27-16(12)32)15(31)7-36-22(24,25)26/h11-14H,1-10H2,(H,27,32)(H,28,33)(H,29,34)(H,30,35)/t12-,13?,14?,20?,21?/m0/s1. The summed E-state index contributed by atoms with van der Waals surface area (Å²) in [4.78, 5) is 62.2. The van der Waals surface area contributed by atoms with Crippen molar-refractivity contribution in [3.05, 3.63) is 0 Å². The van der Waals surface area contributed by atoms with Crippen molar-refractivity contribution in [3.63, 3.8) is 0 Å². The van der Waals surface area contributed by atoms with Gasteiger partial charge in [0.25, 0.3) is 0 Å². The molecule has 1 heterocycles. The third-order valence-electron chi connectivity index (χ3n) is 7.20. The molecule has 0 aromatic carbocycles. The molecule has 4 aliphatic carbocycles. The second kappa shape index (κ2) is 9.60. The highest BCUT2D eigenvalue weighted by atomic mass is 19.4. The Morgan fingerprint density at radius 1 is 1.00 bits per heavy atom. The molecule has 5 fully saturated rings. The van der Waals surface area contributed by atoms with Crippen LogP contribution in [0.5, 0.6) is 0 Å². The average molecular weight is 520 g/mol. The molecule has 36 heavy (non-hydrogen) atoms. The zero-order valence-corrected chi connectivity index (χ0v) is 19.3. The minimum Gasteiger partial charge on any atom is -0.356 e. The van der Waals surface area contributed by atoms with Crippen molar-refractivity contribution < 1.29 is 46.3 Å².